The maximum absolute atomic E-state index is 12.7. The van der Waals surface area contributed by atoms with Gasteiger partial charge in [-0.1, -0.05) is 79.7 Å². The normalized spacial score (nSPS) is 12.3. The van der Waals surface area contributed by atoms with E-state index >= 15 is 0 Å². The van der Waals surface area contributed by atoms with Crippen LogP contribution in [0.5, 0.6) is 0 Å². The van der Waals surface area contributed by atoms with Crippen molar-refractivity contribution in [3.05, 3.63) is 107 Å². The molecule has 1 N–H and O–H groups in total. The predicted molar refractivity (Wildman–Crippen MR) is 134 cm³/mol. The Bertz CT molecular complexity index is 1100. The van der Waals surface area contributed by atoms with E-state index in [9.17, 15) is 14.4 Å². The highest BCUT2D eigenvalue weighted by molar-refractivity contribution is 5.89. The first-order valence-corrected chi connectivity index (χ1v) is 11.7. The van der Waals surface area contributed by atoms with Crippen LogP contribution in [0.15, 0.2) is 84.9 Å². The van der Waals surface area contributed by atoms with Gasteiger partial charge in [0.1, 0.15) is 12.4 Å². The van der Waals surface area contributed by atoms with Crippen LogP contribution in [-0.2, 0) is 27.3 Å². The van der Waals surface area contributed by atoms with Gasteiger partial charge in [0, 0.05) is 24.8 Å². The van der Waals surface area contributed by atoms with Gasteiger partial charge in [0.25, 0.3) is 0 Å². The van der Waals surface area contributed by atoms with Crippen molar-refractivity contribution >= 4 is 17.8 Å². The molecule has 0 fully saturated rings. The van der Waals surface area contributed by atoms with Gasteiger partial charge < -0.3 is 14.8 Å². The Hall–Kier alpha value is -3.93. The molecule has 6 heteroatoms. The third kappa shape index (κ3) is 8.10. The highest BCUT2D eigenvalue weighted by atomic mass is 16.5. The summed E-state index contributed by atoms with van der Waals surface area (Å²) in [6.07, 6.45) is 0.536. The van der Waals surface area contributed by atoms with Crippen LogP contribution in [0, 0.1) is 0 Å². The minimum Gasteiger partial charge on any atom is -0.465 e. The lowest BCUT2D eigenvalue weighted by Crippen LogP contribution is -2.39. The Balaban J connectivity index is 1.59. The summed E-state index contributed by atoms with van der Waals surface area (Å²) in [5.41, 5.74) is 3.25. The number of Topliss-reactive ketones (excluding diaryl/α,β-unsaturated/α-hetero) is 1. The summed E-state index contributed by atoms with van der Waals surface area (Å²) in [6.45, 7) is 2.22. The van der Waals surface area contributed by atoms with Crippen LogP contribution in [0.25, 0.3) is 0 Å². The summed E-state index contributed by atoms with van der Waals surface area (Å²) in [5.74, 6) is -0.362. The molecule has 0 heterocycles. The molecule has 0 spiro atoms. The number of ketones is 1. The molecular weight excluding hydrogens is 442 g/mol. The molecule has 3 rings (SSSR count). The van der Waals surface area contributed by atoms with Crippen molar-refractivity contribution in [1.29, 1.82) is 0 Å². The van der Waals surface area contributed by atoms with Crippen molar-refractivity contribution in [2.75, 3.05) is 7.11 Å². The number of esters is 1. The zero-order valence-electron chi connectivity index (χ0n) is 20.1. The molecule has 182 valence electrons. The van der Waals surface area contributed by atoms with Crippen LogP contribution < -0.4 is 5.32 Å². The smallest absolute Gasteiger partial charge is 0.407 e. The minimum atomic E-state index is -0.507. The van der Waals surface area contributed by atoms with Crippen LogP contribution in [0.3, 0.4) is 0 Å². The molecule has 2 atom stereocenters. The van der Waals surface area contributed by atoms with E-state index in [0.29, 0.717) is 18.4 Å². The molecule has 6 nitrogen and oxygen atoms in total. The van der Waals surface area contributed by atoms with Crippen molar-refractivity contribution in [3.8, 4) is 0 Å². The first-order chi connectivity index (χ1) is 17.0. The van der Waals surface area contributed by atoms with Crippen LogP contribution in [0.2, 0.25) is 0 Å². The number of carbonyl (C=O) groups excluding carboxylic acids is 3. The third-order valence-corrected chi connectivity index (χ3v) is 5.96. The van der Waals surface area contributed by atoms with Gasteiger partial charge in [-0.05, 0) is 35.2 Å². The fraction of sp³-hybridized carbons (Fsp3) is 0.276. The Labute approximate surface area is 206 Å². The van der Waals surface area contributed by atoms with Crippen LogP contribution in [0.4, 0.5) is 4.79 Å². The average Bonchev–Trinajstić information content (AvgIpc) is 2.90. The van der Waals surface area contributed by atoms with Crippen molar-refractivity contribution in [2.45, 2.75) is 44.8 Å². The molecule has 0 aliphatic rings. The summed E-state index contributed by atoms with van der Waals surface area (Å²) in [5, 5.41) is 2.97. The molecule has 0 bridgehead atoms. The van der Waals surface area contributed by atoms with Gasteiger partial charge in [-0.3, -0.25) is 4.79 Å². The fourth-order valence-corrected chi connectivity index (χ4v) is 3.86. The fourth-order valence-electron chi connectivity index (χ4n) is 3.86. The molecule has 0 radical (unpaired) electrons. The number of alkyl carbamates (subject to hydrolysis) is 1. The van der Waals surface area contributed by atoms with E-state index in [0.717, 1.165) is 16.7 Å². The number of ether oxygens (including phenoxy) is 2. The standard InChI is InChI=1S/C29H31NO5/c1-21(24-11-7-4-8-12-24)27(30-29(33)35-20-23-9-5-3-6-10-23)18-17-26(31)19-22-13-15-25(16-14-22)28(32)34-2/h3-16,21,27H,17-20H2,1-2H3,(H,30,33)/t21-,27-/m1/s1. The maximum Gasteiger partial charge on any atom is 0.407 e. The van der Waals surface area contributed by atoms with Crippen molar-refractivity contribution in [2.24, 2.45) is 0 Å². The van der Waals surface area contributed by atoms with E-state index in [1.807, 2.05) is 67.6 Å². The highest BCUT2D eigenvalue weighted by Gasteiger charge is 2.23. The largest absolute Gasteiger partial charge is 0.465 e. The minimum absolute atomic E-state index is 0.00684. The lowest BCUT2D eigenvalue weighted by Gasteiger charge is -2.25. The molecule has 35 heavy (non-hydrogen) atoms. The number of benzene rings is 3. The molecule has 0 saturated heterocycles. The zero-order valence-corrected chi connectivity index (χ0v) is 20.1. The van der Waals surface area contributed by atoms with Gasteiger partial charge in [0.05, 0.1) is 12.7 Å². The summed E-state index contributed by atoms with van der Waals surface area (Å²) in [4.78, 5) is 36.9. The predicted octanol–water partition coefficient (Wildman–Crippen LogP) is 5.46. The number of carbonyl (C=O) groups is 3. The first kappa shape index (κ1) is 25.7. The third-order valence-electron chi connectivity index (χ3n) is 5.96. The van der Waals surface area contributed by atoms with E-state index in [2.05, 4.69) is 5.32 Å². The average molecular weight is 474 g/mol. The quantitative estimate of drug-likeness (QED) is 0.374. The van der Waals surface area contributed by atoms with Gasteiger partial charge >= 0.3 is 12.1 Å². The number of nitrogens with one attached hydrogen (secondary N) is 1. The van der Waals surface area contributed by atoms with E-state index in [1.165, 1.54) is 7.11 Å². The summed E-state index contributed by atoms with van der Waals surface area (Å²) in [7, 11) is 1.33. The topological polar surface area (TPSA) is 81.7 Å². The Morgan fingerprint density at radius 1 is 0.829 bits per heavy atom. The molecule has 1 amide bonds. The monoisotopic (exact) mass is 473 g/mol. The molecule has 3 aromatic carbocycles. The summed E-state index contributed by atoms with van der Waals surface area (Å²) in [6, 6.07) is 25.9. The van der Waals surface area contributed by atoms with Gasteiger partial charge in [-0.2, -0.15) is 0 Å². The van der Waals surface area contributed by atoms with E-state index in [1.54, 1.807) is 24.3 Å². The Morgan fingerprint density at radius 2 is 1.46 bits per heavy atom. The number of hydrogen-bond donors (Lipinski definition) is 1. The van der Waals surface area contributed by atoms with Gasteiger partial charge in [0.2, 0.25) is 0 Å². The molecule has 0 aromatic heterocycles. The van der Waals surface area contributed by atoms with Gasteiger partial charge in [-0.25, -0.2) is 9.59 Å². The second-order valence-corrected chi connectivity index (χ2v) is 8.45. The molecule has 0 saturated carbocycles. The van der Waals surface area contributed by atoms with E-state index < -0.39 is 12.1 Å². The number of rotatable bonds is 11. The number of hydrogen-bond acceptors (Lipinski definition) is 5. The lowest BCUT2D eigenvalue weighted by molar-refractivity contribution is -0.118. The second-order valence-electron chi connectivity index (χ2n) is 8.45. The maximum atomic E-state index is 12.7. The van der Waals surface area contributed by atoms with Crippen molar-refractivity contribution in [3.63, 3.8) is 0 Å². The molecular formula is C29H31NO5. The lowest BCUT2D eigenvalue weighted by atomic mass is 9.89. The van der Waals surface area contributed by atoms with Crippen molar-refractivity contribution < 1.29 is 23.9 Å². The van der Waals surface area contributed by atoms with Crippen LogP contribution >= 0.6 is 0 Å². The summed E-state index contributed by atoms with van der Waals surface area (Å²) >= 11 is 0. The molecule has 0 aliphatic heterocycles. The number of amides is 1. The van der Waals surface area contributed by atoms with E-state index in [-0.39, 0.29) is 30.8 Å². The van der Waals surface area contributed by atoms with Crippen molar-refractivity contribution in [1.82, 2.24) is 5.32 Å². The van der Waals surface area contributed by atoms with Gasteiger partial charge in [-0.15, -0.1) is 0 Å². The SMILES string of the molecule is COC(=O)c1ccc(CC(=O)CC[C@@H](NC(=O)OCc2ccccc2)[C@H](C)c2ccccc2)cc1. The molecule has 0 aliphatic carbocycles. The van der Waals surface area contributed by atoms with Crippen LogP contribution in [-0.4, -0.2) is 31.0 Å². The Morgan fingerprint density at radius 3 is 2.09 bits per heavy atom. The number of methoxy groups -OCH3 is 1. The molecule has 0 unspecified atom stereocenters. The van der Waals surface area contributed by atoms with E-state index in [4.69, 9.17) is 9.47 Å². The summed E-state index contributed by atoms with van der Waals surface area (Å²) < 4.78 is 10.1. The Kier molecular flexibility index (Phi) is 9.60. The van der Waals surface area contributed by atoms with Gasteiger partial charge in [0.15, 0.2) is 0 Å². The highest BCUT2D eigenvalue weighted by Crippen LogP contribution is 2.23. The van der Waals surface area contributed by atoms with Crippen LogP contribution in [0.1, 0.15) is 52.7 Å². The second kappa shape index (κ2) is 13.1. The zero-order chi connectivity index (χ0) is 25.0. The first-order valence-electron chi connectivity index (χ1n) is 11.7. The molecule has 3 aromatic rings.